The predicted molar refractivity (Wildman–Crippen MR) is 104 cm³/mol. The number of hydrogen-bond donors (Lipinski definition) is 1. The Morgan fingerprint density at radius 2 is 1.73 bits per heavy atom. The zero-order valence-electron chi connectivity index (χ0n) is 15.0. The molecular weight excluding hydrogens is 324 g/mol. The maximum Gasteiger partial charge on any atom is 0.274 e. The minimum absolute atomic E-state index is 0.244. The maximum atomic E-state index is 12.5. The van der Waals surface area contributed by atoms with Crippen molar-refractivity contribution in [3.05, 3.63) is 83.8 Å². The molecule has 5 heteroatoms. The number of nitrogens with one attached hydrogen (secondary N) is 1. The lowest BCUT2D eigenvalue weighted by Crippen LogP contribution is -2.20. The van der Waals surface area contributed by atoms with E-state index in [1.807, 2.05) is 54.4 Å². The number of nitrogens with zero attached hydrogens (tertiary/aromatic N) is 3. The van der Waals surface area contributed by atoms with Gasteiger partial charge < -0.3 is 10.2 Å². The Labute approximate surface area is 153 Å². The van der Waals surface area contributed by atoms with Gasteiger partial charge in [-0.2, -0.15) is 0 Å². The van der Waals surface area contributed by atoms with E-state index in [0.717, 1.165) is 12.1 Å². The molecule has 0 saturated heterocycles. The van der Waals surface area contributed by atoms with Gasteiger partial charge in [0.25, 0.3) is 5.91 Å². The van der Waals surface area contributed by atoms with Crippen LogP contribution in [0.25, 0.3) is 0 Å². The van der Waals surface area contributed by atoms with Crippen LogP contribution in [0, 0.1) is 0 Å². The quantitative estimate of drug-likeness (QED) is 0.735. The summed E-state index contributed by atoms with van der Waals surface area (Å²) >= 11 is 0. The van der Waals surface area contributed by atoms with Gasteiger partial charge in [-0.05, 0) is 29.7 Å². The van der Waals surface area contributed by atoms with Gasteiger partial charge in [0, 0.05) is 25.3 Å². The van der Waals surface area contributed by atoms with Crippen molar-refractivity contribution in [3.8, 4) is 0 Å². The first-order valence-corrected chi connectivity index (χ1v) is 8.63. The molecule has 0 fully saturated rings. The number of carbonyl (C=O) groups is 1. The Morgan fingerprint density at radius 3 is 2.42 bits per heavy atom. The zero-order valence-corrected chi connectivity index (χ0v) is 15.0. The summed E-state index contributed by atoms with van der Waals surface area (Å²) in [6.45, 7) is 2.80. The monoisotopic (exact) mass is 346 g/mol. The number of benzene rings is 2. The number of rotatable bonds is 6. The predicted octanol–water partition coefficient (Wildman–Crippen LogP) is 3.93. The van der Waals surface area contributed by atoms with Crippen LogP contribution in [0.1, 0.15) is 28.5 Å². The van der Waals surface area contributed by atoms with E-state index >= 15 is 0 Å². The average Bonchev–Trinajstić information content (AvgIpc) is 2.69. The zero-order chi connectivity index (χ0) is 18.4. The van der Waals surface area contributed by atoms with Crippen molar-refractivity contribution in [1.29, 1.82) is 0 Å². The molecule has 1 heterocycles. The van der Waals surface area contributed by atoms with Crippen molar-refractivity contribution >= 4 is 17.4 Å². The molecule has 0 aliphatic carbocycles. The Morgan fingerprint density at radius 1 is 1.00 bits per heavy atom. The van der Waals surface area contributed by atoms with Crippen LogP contribution in [-0.2, 0) is 13.0 Å². The molecule has 0 aliphatic rings. The molecule has 132 valence electrons. The molecule has 3 aromatic rings. The molecule has 0 spiro atoms. The lowest BCUT2D eigenvalue weighted by molar-refractivity contribution is 0.102. The van der Waals surface area contributed by atoms with E-state index in [9.17, 15) is 4.79 Å². The summed E-state index contributed by atoms with van der Waals surface area (Å²) in [5, 5.41) is 2.88. The average molecular weight is 346 g/mol. The van der Waals surface area contributed by atoms with Gasteiger partial charge in [-0.25, -0.2) is 9.97 Å². The number of aryl methyl sites for hydroxylation is 1. The topological polar surface area (TPSA) is 58.1 Å². The second-order valence-electron chi connectivity index (χ2n) is 6.11. The first-order chi connectivity index (χ1) is 12.7. The van der Waals surface area contributed by atoms with Crippen LogP contribution in [0.15, 0.2) is 67.0 Å². The summed E-state index contributed by atoms with van der Waals surface area (Å²) < 4.78 is 0. The molecule has 0 atom stereocenters. The molecular formula is C21H22N4O. The second-order valence-corrected chi connectivity index (χ2v) is 6.11. The van der Waals surface area contributed by atoms with Crippen molar-refractivity contribution in [2.24, 2.45) is 0 Å². The molecule has 0 unspecified atom stereocenters. The fraction of sp³-hybridized carbons (Fsp3) is 0.190. The van der Waals surface area contributed by atoms with Crippen molar-refractivity contribution in [2.45, 2.75) is 19.9 Å². The summed E-state index contributed by atoms with van der Waals surface area (Å²) in [7, 11) is 1.94. The summed E-state index contributed by atoms with van der Waals surface area (Å²) in [6, 6.07) is 19.7. The van der Waals surface area contributed by atoms with Crippen molar-refractivity contribution in [2.75, 3.05) is 17.3 Å². The highest BCUT2D eigenvalue weighted by molar-refractivity contribution is 6.03. The van der Waals surface area contributed by atoms with E-state index in [4.69, 9.17) is 0 Å². The second kappa shape index (κ2) is 8.25. The Bertz CT molecular complexity index is 863. The molecule has 0 aliphatic heterocycles. The van der Waals surface area contributed by atoms with Crippen molar-refractivity contribution in [3.63, 3.8) is 0 Å². The van der Waals surface area contributed by atoms with Gasteiger partial charge in [0.05, 0.1) is 0 Å². The minimum Gasteiger partial charge on any atom is -0.355 e. The van der Waals surface area contributed by atoms with Gasteiger partial charge in [0.1, 0.15) is 17.8 Å². The van der Waals surface area contributed by atoms with Gasteiger partial charge in [-0.1, -0.05) is 49.4 Å². The first-order valence-electron chi connectivity index (χ1n) is 8.63. The van der Waals surface area contributed by atoms with Gasteiger partial charge >= 0.3 is 0 Å². The molecule has 3 rings (SSSR count). The fourth-order valence-corrected chi connectivity index (χ4v) is 2.64. The van der Waals surface area contributed by atoms with Gasteiger partial charge in [-0.3, -0.25) is 4.79 Å². The molecule has 5 nitrogen and oxygen atoms in total. The van der Waals surface area contributed by atoms with Crippen LogP contribution in [0.3, 0.4) is 0 Å². The van der Waals surface area contributed by atoms with Crippen molar-refractivity contribution in [1.82, 2.24) is 9.97 Å². The van der Waals surface area contributed by atoms with Crippen LogP contribution >= 0.6 is 0 Å². The van der Waals surface area contributed by atoms with E-state index in [2.05, 4.69) is 34.3 Å². The lowest BCUT2D eigenvalue weighted by Gasteiger charge is -2.18. The summed E-state index contributed by atoms with van der Waals surface area (Å²) in [4.78, 5) is 22.9. The van der Waals surface area contributed by atoms with E-state index in [0.29, 0.717) is 18.1 Å². The first kappa shape index (κ1) is 17.6. The molecule has 26 heavy (non-hydrogen) atoms. The lowest BCUT2D eigenvalue weighted by atomic mass is 10.1. The highest BCUT2D eigenvalue weighted by Gasteiger charge is 2.11. The molecule has 1 amide bonds. The summed E-state index contributed by atoms with van der Waals surface area (Å²) in [5.74, 6) is 0.460. The van der Waals surface area contributed by atoms with Crippen LogP contribution in [0.4, 0.5) is 11.5 Å². The molecule has 1 N–H and O–H groups in total. The molecule has 0 saturated carbocycles. The SMILES string of the molecule is CCc1ccc(NC(=O)c2cc(N(C)Cc3ccccc3)ncn2)cc1. The maximum absolute atomic E-state index is 12.5. The molecule has 2 aromatic carbocycles. The fourth-order valence-electron chi connectivity index (χ4n) is 2.64. The molecule has 0 radical (unpaired) electrons. The highest BCUT2D eigenvalue weighted by atomic mass is 16.1. The van der Waals surface area contributed by atoms with Crippen LogP contribution in [-0.4, -0.2) is 22.9 Å². The van der Waals surface area contributed by atoms with Gasteiger partial charge in [0.15, 0.2) is 0 Å². The van der Waals surface area contributed by atoms with Crippen LogP contribution in [0.2, 0.25) is 0 Å². The van der Waals surface area contributed by atoms with Crippen LogP contribution in [0.5, 0.6) is 0 Å². The summed E-state index contributed by atoms with van der Waals surface area (Å²) in [6.07, 6.45) is 2.39. The summed E-state index contributed by atoms with van der Waals surface area (Å²) in [5.41, 5.74) is 3.50. The van der Waals surface area contributed by atoms with E-state index in [-0.39, 0.29) is 5.91 Å². The van der Waals surface area contributed by atoms with E-state index in [1.54, 1.807) is 6.07 Å². The number of anilines is 2. The number of aromatic nitrogens is 2. The normalized spacial score (nSPS) is 10.4. The Hall–Kier alpha value is -3.21. The number of hydrogen-bond acceptors (Lipinski definition) is 4. The number of amides is 1. The third-order valence-electron chi connectivity index (χ3n) is 4.16. The van der Waals surface area contributed by atoms with Gasteiger partial charge in [0.2, 0.25) is 0 Å². The van der Waals surface area contributed by atoms with E-state index < -0.39 is 0 Å². The number of carbonyl (C=O) groups excluding carboxylic acids is 1. The Balaban J connectivity index is 1.70. The molecule has 0 bridgehead atoms. The van der Waals surface area contributed by atoms with E-state index in [1.165, 1.54) is 17.5 Å². The largest absolute Gasteiger partial charge is 0.355 e. The molecule has 1 aromatic heterocycles. The third-order valence-corrected chi connectivity index (χ3v) is 4.16. The third kappa shape index (κ3) is 4.45. The minimum atomic E-state index is -0.244. The Kier molecular flexibility index (Phi) is 5.59. The van der Waals surface area contributed by atoms with Crippen molar-refractivity contribution < 1.29 is 4.79 Å². The highest BCUT2D eigenvalue weighted by Crippen LogP contribution is 2.15. The van der Waals surface area contributed by atoms with Crippen LogP contribution < -0.4 is 10.2 Å². The smallest absolute Gasteiger partial charge is 0.274 e. The van der Waals surface area contributed by atoms with Gasteiger partial charge in [-0.15, -0.1) is 0 Å². The standard InChI is InChI=1S/C21H22N4O/c1-3-16-9-11-18(12-10-16)24-21(26)19-13-20(23-15-22-19)25(2)14-17-7-5-4-6-8-17/h4-13,15H,3,14H2,1-2H3,(H,24,26).